The summed E-state index contributed by atoms with van der Waals surface area (Å²) in [5.41, 5.74) is 0.477. The van der Waals surface area contributed by atoms with Crippen LogP contribution in [0.5, 0.6) is 0 Å². The minimum Gasteiger partial charge on any atom is -0.392 e. The van der Waals surface area contributed by atoms with Crippen molar-refractivity contribution >= 4 is 17.7 Å². The van der Waals surface area contributed by atoms with Gasteiger partial charge in [-0.15, -0.1) is 0 Å². The Labute approximate surface area is 133 Å². The minimum atomic E-state index is -1.12. The number of hydrogen-bond acceptors (Lipinski definition) is 6. The summed E-state index contributed by atoms with van der Waals surface area (Å²) in [5.74, 6) is 0.562. The summed E-state index contributed by atoms with van der Waals surface area (Å²) in [6.07, 6.45) is 3.98. The van der Waals surface area contributed by atoms with Crippen molar-refractivity contribution in [3.63, 3.8) is 0 Å². The van der Waals surface area contributed by atoms with Crippen molar-refractivity contribution in [3.8, 4) is 6.07 Å². The number of aromatic nitrogens is 3. The molecular weight excluding hydrogens is 296 g/mol. The molecule has 0 radical (unpaired) electrons. The molecule has 0 bridgehead atoms. The Balaban J connectivity index is 1.95. The van der Waals surface area contributed by atoms with Gasteiger partial charge in [0.1, 0.15) is 24.0 Å². The van der Waals surface area contributed by atoms with Gasteiger partial charge in [-0.1, -0.05) is 0 Å². The Morgan fingerprint density at radius 2 is 2.43 bits per heavy atom. The SMILES string of the molecule is CN(C)C=Nc1ncnn2c(C3CCC(C#N)(CO)O3)ccc12. The topological polar surface area (TPSA) is 99.0 Å². The number of rotatable bonds is 4. The molecule has 120 valence electrons. The van der Waals surface area contributed by atoms with Crippen LogP contribution in [-0.2, 0) is 4.74 Å². The molecule has 2 aromatic rings. The molecule has 1 saturated heterocycles. The summed E-state index contributed by atoms with van der Waals surface area (Å²) in [5, 5.41) is 22.9. The van der Waals surface area contributed by atoms with E-state index in [1.165, 1.54) is 6.33 Å². The lowest BCUT2D eigenvalue weighted by atomic mass is 10.0. The van der Waals surface area contributed by atoms with Crippen molar-refractivity contribution < 1.29 is 9.84 Å². The zero-order chi connectivity index (χ0) is 16.4. The van der Waals surface area contributed by atoms with Crippen LogP contribution in [0.15, 0.2) is 23.5 Å². The van der Waals surface area contributed by atoms with E-state index in [-0.39, 0.29) is 12.7 Å². The molecule has 0 saturated carbocycles. The van der Waals surface area contributed by atoms with Gasteiger partial charge in [0.2, 0.25) is 0 Å². The first-order valence-electron chi connectivity index (χ1n) is 7.32. The van der Waals surface area contributed by atoms with Crippen molar-refractivity contribution in [3.05, 3.63) is 24.2 Å². The van der Waals surface area contributed by atoms with Gasteiger partial charge < -0.3 is 14.7 Å². The predicted molar refractivity (Wildman–Crippen MR) is 83.3 cm³/mol. The van der Waals surface area contributed by atoms with E-state index in [1.807, 2.05) is 31.1 Å². The number of nitriles is 1. The van der Waals surface area contributed by atoms with Crippen molar-refractivity contribution in [2.75, 3.05) is 20.7 Å². The van der Waals surface area contributed by atoms with Gasteiger partial charge in [-0.25, -0.2) is 14.5 Å². The number of ether oxygens (including phenoxy) is 1. The lowest BCUT2D eigenvalue weighted by Crippen LogP contribution is -2.30. The molecule has 1 fully saturated rings. The quantitative estimate of drug-likeness (QED) is 0.669. The Kier molecular flexibility index (Phi) is 3.98. The standard InChI is InChI=1S/C15H18N6O2/c1-20(2)10-18-14-12-4-3-11(21(12)19-9-17-14)13-5-6-15(7-16,8-22)23-13/h3-4,9-10,13,22H,5-6,8H2,1-2H3. The first-order chi connectivity index (χ1) is 11.1. The van der Waals surface area contributed by atoms with E-state index in [1.54, 1.807) is 10.9 Å². The van der Waals surface area contributed by atoms with Gasteiger partial charge in [0, 0.05) is 14.1 Å². The Hall–Kier alpha value is -2.50. The van der Waals surface area contributed by atoms with Gasteiger partial charge >= 0.3 is 0 Å². The largest absolute Gasteiger partial charge is 0.392 e. The van der Waals surface area contributed by atoms with Crippen LogP contribution in [0.3, 0.4) is 0 Å². The molecule has 0 aromatic carbocycles. The summed E-state index contributed by atoms with van der Waals surface area (Å²) in [7, 11) is 3.77. The third-order valence-corrected chi connectivity index (χ3v) is 3.84. The second kappa shape index (κ2) is 5.95. The molecular formula is C15H18N6O2. The molecule has 23 heavy (non-hydrogen) atoms. The second-order valence-corrected chi connectivity index (χ2v) is 5.76. The first kappa shape index (κ1) is 15.4. The molecule has 1 aliphatic heterocycles. The number of aliphatic imine (C=N–C) groups is 1. The summed E-state index contributed by atoms with van der Waals surface area (Å²) in [6, 6.07) is 5.85. The van der Waals surface area contributed by atoms with Crippen LogP contribution in [0.1, 0.15) is 24.6 Å². The van der Waals surface area contributed by atoms with Crippen LogP contribution in [0, 0.1) is 11.3 Å². The van der Waals surface area contributed by atoms with Gasteiger partial charge in [-0.3, -0.25) is 0 Å². The van der Waals surface area contributed by atoms with E-state index in [0.29, 0.717) is 18.7 Å². The van der Waals surface area contributed by atoms with Crippen molar-refractivity contribution in [1.29, 1.82) is 5.26 Å². The van der Waals surface area contributed by atoms with Crippen LogP contribution in [0.4, 0.5) is 5.82 Å². The highest BCUT2D eigenvalue weighted by Crippen LogP contribution is 2.39. The summed E-state index contributed by atoms with van der Waals surface area (Å²) < 4.78 is 7.53. The summed E-state index contributed by atoms with van der Waals surface area (Å²) >= 11 is 0. The molecule has 8 heteroatoms. The fourth-order valence-electron chi connectivity index (χ4n) is 2.65. The van der Waals surface area contributed by atoms with Gasteiger partial charge in [0.25, 0.3) is 0 Å². The Bertz CT molecular complexity index is 778. The fourth-order valence-corrected chi connectivity index (χ4v) is 2.65. The van der Waals surface area contributed by atoms with Gasteiger partial charge in [0.05, 0.1) is 18.6 Å². The molecule has 3 rings (SSSR count). The average molecular weight is 314 g/mol. The van der Waals surface area contributed by atoms with E-state index in [0.717, 1.165) is 11.2 Å². The molecule has 2 unspecified atom stereocenters. The zero-order valence-corrected chi connectivity index (χ0v) is 13.0. The maximum atomic E-state index is 9.41. The highest BCUT2D eigenvalue weighted by Gasteiger charge is 2.41. The molecule has 1 aliphatic rings. The number of nitrogens with zero attached hydrogens (tertiary/aromatic N) is 6. The van der Waals surface area contributed by atoms with Crippen molar-refractivity contribution in [2.24, 2.45) is 4.99 Å². The van der Waals surface area contributed by atoms with Crippen molar-refractivity contribution in [2.45, 2.75) is 24.5 Å². The van der Waals surface area contributed by atoms with E-state index in [4.69, 9.17) is 4.74 Å². The van der Waals surface area contributed by atoms with Crippen LogP contribution in [0.25, 0.3) is 5.52 Å². The van der Waals surface area contributed by atoms with E-state index < -0.39 is 5.60 Å². The Morgan fingerprint density at radius 3 is 3.09 bits per heavy atom. The maximum absolute atomic E-state index is 9.41. The van der Waals surface area contributed by atoms with E-state index in [9.17, 15) is 10.4 Å². The minimum absolute atomic E-state index is 0.287. The molecule has 0 amide bonds. The molecule has 2 atom stereocenters. The van der Waals surface area contributed by atoms with E-state index >= 15 is 0 Å². The van der Waals surface area contributed by atoms with Crippen LogP contribution < -0.4 is 0 Å². The molecule has 3 heterocycles. The number of aliphatic hydroxyl groups is 1. The third-order valence-electron chi connectivity index (χ3n) is 3.84. The maximum Gasteiger partial charge on any atom is 0.181 e. The van der Waals surface area contributed by atoms with Crippen LogP contribution >= 0.6 is 0 Å². The van der Waals surface area contributed by atoms with Gasteiger partial charge in [-0.05, 0) is 25.0 Å². The van der Waals surface area contributed by atoms with Crippen LogP contribution in [0.2, 0.25) is 0 Å². The molecule has 1 N–H and O–H groups in total. The predicted octanol–water partition coefficient (Wildman–Crippen LogP) is 1.06. The Morgan fingerprint density at radius 1 is 1.61 bits per heavy atom. The number of aliphatic hydroxyl groups excluding tert-OH is 1. The lowest BCUT2D eigenvalue weighted by molar-refractivity contribution is -0.0386. The number of fused-ring (bicyclic) bond motifs is 1. The monoisotopic (exact) mass is 314 g/mol. The highest BCUT2D eigenvalue weighted by molar-refractivity contribution is 5.70. The van der Waals surface area contributed by atoms with Crippen LogP contribution in [-0.4, -0.2) is 57.2 Å². The molecule has 8 nitrogen and oxygen atoms in total. The average Bonchev–Trinajstić information content (AvgIpc) is 3.17. The number of hydrogen-bond donors (Lipinski definition) is 1. The molecule has 0 spiro atoms. The third kappa shape index (κ3) is 2.76. The summed E-state index contributed by atoms with van der Waals surface area (Å²) in [4.78, 5) is 10.3. The smallest absolute Gasteiger partial charge is 0.181 e. The van der Waals surface area contributed by atoms with Gasteiger partial charge in [-0.2, -0.15) is 10.4 Å². The summed E-state index contributed by atoms with van der Waals surface area (Å²) in [6.45, 7) is -0.309. The zero-order valence-electron chi connectivity index (χ0n) is 13.0. The van der Waals surface area contributed by atoms with Crippen molar-refractivity contribution in [1.82, 2.24) is 19.5 Å². The lowest BCUT2D eigenvalue weighted by Gasteiger charge is -2.18. The highest BCUT2D eigenvalue weighted by atomic mass is 16.5. The molecule has 0 aliphatic carbocycles. The fraction of sp³-hybridized carbons (Fsp3) is 0.467. The van der Waals surface area contributed by atoms with Gasteiger partial charge in [0.15, 0.2) is 11.4 Å². The molecule has 2 aromatic heterocycles. The van der Waals surface area contributed by atoms with E-state index in [2.05, 4.69) is 21.1 Å². The second-order valence-electron chi connectivity index (χ2n) is 5.76. The first-order valence-corrected chi connectivity index (χ1v) is 7.32. The normalized spacial score (nSPS) is 24.3.